The maximum Gasteiger partial charge on any atom is 0.513 e. The largest absolute Gasteiger partial charge is 0.513 e. The fraction of sp³-hybridized carbons (Fsp3) is 0.786. The molecule has 4 fully saturated rings. The van der Waals surface area contributed by atoms with Crippen molar-refractivity contribution in [2.75, 3.05) is 6.61 Å². The SMILES string of the molecule is C=COC(=O)OCC12CC3CC(CC(C3)C1)C2. The highest BCUT2D eigenvalue weighted by Crippen LogP contribution is 2.60. The molecule has 0 aliphatic heterocycles. The molecule has 0 amide bonds. The van der Waals surface area contributed by atoms with Crippen LogP contribution in [-0.4, -0.2) is 12.8 Å². The van der Waals surface area contributed by atoms with E-state index in [9.17, 15) is 4.79 Å². The molecule has 3 nitrogen and oxygen atoms in total. The minimum atomic E-state index is -0.601. The molecule has 3 heteroatoms. The quantitative estimate of drug-likeness (QED) is 0.555. The van der Waals surface area contributed by atoms with Crippen molar-refractivity contribution in [3.05, 3.63) is 12.8 Å². The number of hydrogen-bond donors (Lipinski definition) is 0. The number of rotatable bonds is 3. The number of hydrogen-bond acceptors (Lipinski definition) is 3. The lowest BCUT2D eigenvalue weighted by Crippen LogP contribution is -2.48. The monoisotopic (exact) mass is 236 g/mol. The van der Waals surface area contributed by atoms with E-state index in [1.54, 1.807) is 0 Å². The summed E-state index contributed by atoms with van der Waals surface area (Å²) in [5.74, 6) is 2.67. The zero-order valence-electron chi connectivity index (χ0n) is 10.2. The van der Waals surface area contributed by atoms with Crippen molar-refractivity contribution >= 4 is 6.16 Å². The Morgan fingerprint density at radius 2 is 1.71 bits per heavy atom. The van der Waals surface area contributed by atoms with Gasteiger partial charge in [0.05, 0.1) is 6.26 Å². The van der Waals surface area contributed by atoms with Crippen LogP contribution < -0.4 is 0 Å². The van der Waals surface area contributed by atoms with Gasteiger partial charge in [-0.15, -0.1) is 0 Å². The van der Waals surface area contributed by atoms with E-state index in [1.165, 1.54) is 38.5 Å². The molecule has 0 saturated heterocycles. The highest BCUT2D eigenvalue weighted by Gasteiger charge is 2.51. The molecular formula is C14H20O3. The van der Waals surface area contributed by atoms with Crippen LogP contribution in [0, 0.1) is 23.2 Å². The Balaban J connectivity index is 1.62. The van der Waals surface area contributed by atoms with Crippen LogP contribution >= 0.6 is 0 Å². The van der Waals surface area contributed by atoms with Crippen molar-refractivity contribution in [1.82, 2.24) is 0 Å². The summed E-state index contributed by atoms with van der Waals surface area (Å²) in [5, 5.41) is 0. The molecule has 17 heavy (non-hydrogen) atoms. The molecule has 0 radical (unpaired) electrons. The Hall–Kier alpha value is -0.990. The lowest BCUT2D eigenvalue weighted by Gasteiger charge is -2.56. The van der Waals surface area contributed by atoms with Crippen LogP contribution in [0.2, 0.25) is 0 Å². The molecule has 4 aliphatic carbocycles. The second-order valence-electron chi connectivity index (χ2n) is 6.24. The van der Waals surface area contributed by atoms with Crippen LogP contribution in [0.15, 0.2) is 12.8 Å². The van der Waals surface area contributed by atoms with E-state index in [0.717, 1.165) is 24.0 Å². The fourth-order valence-electron chi connectivity index (χ4n) is 4.78. The van der Waals surface area contributed by atoms with E-state index in [1.807, 2.05) is 0 Å². The van der Waals surface area contributed by atoms with Crippen molar-refractivity contribution < 1.29 is 14.3 Å². The molecule has 0 aromatic heterocycles. The molecule has 94 valence electrons. The van der Waals surface area contributed by atoms with Gasteiger partial charge in [-0.05, 0) is 56.3 Å². The van der Waals surface area contributed by atoms with Crippen molar-refractivity contribution in [2.24, 2.45) is 23.2 Å². The minimum Gasteiger partial charge on any atom is -0.433 e. The van der Waals surface area contributed by atoms with Crippen molar-refractivity contribution in [3.63, 3.8) is 0 Å². The highest BCUT2D eigenvalue weighted by atomic mass is 16.7. The zero-order chi connectivity index (χ0) is 11.9. The summed E-state index contributed by atoms with van der Waals surface area (Å²) < 4.78 is 9.84. The van der Waals surface area contributed by atoms with Gasteiger partial charge in [-0.3, -0.25) is 0 Å². The standard InChI is InChI=1S/C14H20O3/c1-2-16-13(15)17-9-14-6-10-3-11(7-14)5-12(4-10)8-14/h2,10-12H,1,3-9H2. The average Bonchev–Trinajstić information content (AvgIpc) is 2.25. The predicted molar refractivity (Wildman–Crippen MR) is 63.2 cm³/mol. The third kappa shape index (κ3) is 2.07. The normalized spacial score (nSPS) is 42.2. The molecule has 0 aromatic carbocycles. The first-order valence-corrected chi connectivity index (χ1v) is 6.63. The molecular weight excluding hydrogens is 216 g/mol. The van der Waals surface area contributed by atoms with Crippen LogP contribution in [0.4, 0.5) is 4.79 Å². The third-order valence-corrected chi connectivity index (χ3v) is 4.84. The van der Waals surface area contributed by atoms with E-state index in [0.29, 0.717) is 6.61 Å². The van der Waals surface area contributed by atoms with Crippen LogP contribution in [0.25, 0.3) is 0 Å². The lowest BCUT2D eigenvalue weighted by molar-refractivity contribution is -0.0873. The summed E-state index contributed by atoms with van der Waals surface area (Å²) in [6.45, 7) is 3.90. The molecule has 4 saturated carbocycles. The van der Waals surface area contributed by atoms with Crippen molar-refractivity contribution in [2.45, 2.75) is 38.5 Å². The van der Waals surface area contributed by atoms with Gasteiger partial charge in [0.25, 0.3) is 0 Å². The molecule has 0 aromatic rings. The van der Waals surface area contributed by atoms with Crippen LogP contribution in [0.3, 0.4) is 0 Å². The molecule has 0 N–H and O–H groups in total. The number of ether oxygens (including phenoxy) is 2. The Labute approximate surface area is 102 Å². The van der Waals surface area contributed by atoms with Gasteiger partial charge < -0.3 is 9.47 Å². The van der Waals surface area contributed by atoms with Gasteiger partial charge in [-0.2, -0.15) is 0 Å². The smallest absolute Gasteiger partial charge is 0.433 e. The van der Waals surface area contributed by atoms with E-state index < -0.39 is 6.16 Å². The summed E-state index contributed by atoms with van der Waals surface area (Å²) >= 11 is 0. The van der Waals surface area contributed by atoms with Crippen LogP contribution in [-0.2, 0) is 9.47 Å². The first kappa shape index (κ1) is 11.1. The van der Waals surface area contributed by atoms with Crippen LogP contribution in [0.5, 0.6) is 0 Å². The highest BCUT2D eigenvalue weighted by molar-refractivity contribution is 5.60. The predicted octanol–water partition coefficient (Wildman–Crippen LogP) is 3.50. The zero-order valence-corrected chi connectivity index (χ0v) is 10.2. The minimum absolute atomic E-state index is 0.273. The van der Waals surface area contributed by atoms with Crippen LogP contribution in [0.1, 0.15) is 38.5 Å². The van der Waals surface area contributed by atoms with E-state index in [-0.39, 0.29) is 5.41 Å². The number of carbonyl (C=O) groups excluding carboxylic acids is 1. The lowest BCUT2D eigenvalue weighted by atomic mass is 9.50. The molecule has 0 heterocycles. The summed E-state index contributed by atoms with van der Waals surface area (Å²) in [5.41, 5.74) is 0.273. The molecule has 4 bridgehead atoms. The van der Waals surface area contributed by atoms with E-state index in [4.69, 9.17) is 4.74 Å². The number of carbonyl (C=O) groups is 1. The van der Waals surface area contributed by atoms with E-state index >= 15 is 0 Å². The first-order chi connectivity index (χ1) is 8.19. The van der Waals surface area contributed by atoms with Crippen molar-refractivity contribution in [3.8, 4) is 0 Å². The molecule has 0 atom stereocenters. The van der Waals surface area contributed by atoms with Gasteiger partial charge in [0.15, 0.2) is 0 Å². The Morgan fingerprint density at radius 3 is 2.18 bits per heavy atom. The third-order valence-electron chi connectivity index (χ3n) is 4.84. The molecule has 4 aliphatic rings. The molecule has 0 spiro atoms. The van der Waals surface area contributed by atoms with Gasteiger partial charge in [0.1, 0.15) is 6.61 Å². The summed E-state index contributed by atoms with van der Waals surface area (Å²) in [6, 6.07) is 0. The van der Waals surface area contributed by atoms with Gasteiger partial charge >= 0.3 is 6.16 Å². The first-order valence-electron chi connectivity index (χ1n) is 6.63. The second-order valence-corrected chi connectivity index (χ2v) is 6.24. The Morgan fingerprint density at radius 1 is 1.18 bits per heavy atom. The van der Waals surface area contributed by atoms with Crippen molar-refractivity contribution in [1.29, 1.82) is 0 Å². The van der Waals surface area contributed by atoms with Gasteiger partial charge in [0.2, 0.25) is 0 Å². The van der Waals surface area contributed by atoms with E-state index in [2.05, 4.69) is 11.3 Å². The molecule has 4 rings (SSSR count). The summed E-state index contributed by atoms with van der Waals surface area (Å²) in [7, 11) is 0. The second kappa shape index (κ2) is 4.04. The van der Waals surface area contributed by atoms with Gasteiger partial charge in [-0.25, -0.2) is 4.79 Å². The Kier molecular flexibility index (Phi) is 2.64. The maximum absolute atomic E-state index is 11.2. The van der Waals surface area contributed by atoms with Gasteiger partial charge in [0, 0.05) is 5.41 Å². The summed E-state index contributed by atoms with van der Waals surface area (Å²) in [4.78, 5) is 11.2. The fourth-order valence-corrected chi connectivity index (χ4v) is 4.78. The average molecular weight is 236 g/mol. The maximum atomic E-state index is 11.2. The topological polar surface area (TPSA) is 35.5 Å². The van der Waals surface area contributed by atoms with Gasteiger partial charge in [-0.1, -0.05) is 6.58 Å². The Bertz CT molecular complexity index is 299. The molecule has 0 unspecified atom stereocenters. The summed E-state index contributed by atoms with van der Waals surface area (Å²) in [6.07, 6.45) is 8.52.